The first-order valence-corrected chi connectivity index (χ1v) is 12.2. The fourth-order valence-corrected chi connectivity index (χ4v) is 5.39. The van der Waals surface area contributed by atoms with Crippen LogP contribution >= 0.6 is 23.1 Å². The van der Waals surface area contributed by atoms with Crippen molar-refractivity contribution in [2.45, 2.75) is 26.3 Å². The van der Waals surface area contributed by atoms with Gasteiger partial charge in [0.2, 0.25) is 5.91 Å². The second-order valence-corrected chi connectivity index (χ2v) is 9.78. The molecular formula is C22H26N4O2S2. The molecule has 1 saturated heterocycles. The third kappa shape index (κ3) is 4.39. The van der Waals surface area contributed by atoms with Gasteiger partial charge in [-0.05, 0) is 36.2 Å². The minimum atomic E-state index is -0.502. The summed E-state index contributed by atoms with van der Waals surface area (Å²) in [7, 11) is 0. The van der Waals surface area contributed by atoms with Crippen LogP contribution < -0.4 is 5.32 Å². The molecule has 8 heteroatoms. The van der Waals surface area contributed by atoms with Gasteiger partial charge in [-0.2, -0.15) is 11.8 Å². The van der Waals surface area contributed by atoms with E-state index in [4.69, 9.17) is 0 Å². The van der Waals surface area contributed by atoms with E-state index < -0.39 is 6.04 Å². The van der Waals surface area contributed by atoms with Crippen molar-refractivity contribution < 1.29 is 9.59 Å². The zero-order valence-electron chi connectivity index (χ0n) is 17.2. The summed E-state index contributed by atoms with van der Waals surface area (Å²) in [5, 5.41) is 3.89. The monoisotopic (exact) mass is 442 g/mol. The highest BCUT2D eigenvalue weighted by molar-refractivity contribution is 7.99. The maximum absolute atomic E-state index is 13.1. The van der Waals surface area contributed by atoms with E-state index in [1.54, 1.807) is 6.07 Å². The number of hydrogen-bond donors (Lipinski definition) is 1. The minimum Gasteiger partial charge on any atom is -0.340 e. The van der Waals surface area contributed by atoms with Gasteiger partial charge in [0.25, 0.3) is 5.91 Å². The highest BCUT2D eigenvalue weighted by Crippen LogP contribution is 2.26. The van der Waals surface area contributed by atoms with Gasteiger partial charge >= 0.3 is 0 Å². The number of benzene rings is 1. The van der Waals surface area contributed by atoms with Crippen LogP contribution in [0.25, 0.3) is 15.3 Å². The topological polar surface area (TPSA) is 67.2 Å². The number of nitrogens with zero attached hydrogens (tertiary/aromatic N) is 3. The van der Waals surface area contributed by atoms with Gasteiger partial charge < -0.3 is 14.8 Å². The average molecular weight is 443 g/mol. The van der Waals surface area contributed by atoms with E-state index in [1.807, 2.05) is 64.8 Å². The zero-order valence-corrected chi connectivity index (χ0v) is 18.8. The molecule has 1 N–H and O–H groups in total. The van der Waals surface area contributed by atoms with Gasteiger partial charge in [-0.3, -0.25) is 9.59 Å². The molecule has 1 aromatic carbocycles. The molecule has 2 amide bonds. The van der Waals surface area contributed by atoms with Crippen LogP contribution in [0.3, 0.4) is 0 Å². The van der Waals surface area contributed by atoms with Crippen LogP contribution in [-0.4, -0.2) is 56.9 Å². The van der Waals surface area contributed by atoms with E-state index in [1.165, 1.54) is 11.3 Å². The molecule has 0 spiro atoms. The largest absolute Gasteiger partial charge is 0.340 e. The van der Waals surface area contributed by atoms with Crippen molar-refractivity contribution in [3.63, 3.8) is 0 Å². The lowest BCUT2D eigenvalue weighted by atomic mass is 9.97. The Kier molecular flexibility index (Phi) is 6.43. The summed E-state index contributed by atoms with van der Waals surface area (Å²) in [6.07, 6.45) is 4.73. The minimum absolute atomic E-state index is 0.0340. The molecule has 0 unspecified atom stereocenters. The number of hydrogen-bond acceptors (Lipinski definition) is 5. The van der Waals surface area contributed by atoms with Crippen molar-refractivity contribution in [1.29, 1.82) is 0 Å². The van der Waals surface area contributed by atoms with Crippen LogP contribution in [-0.2, 0) is 4.79 Å². The lowest BCUT2D eigenvalue weighted by Crippen LogP contribution is -2.53. The predicted molar refractivity (Wildman–Crippen MR) is 124 cm³/mol. The van der Waals surface area contributed by atoms with Crippen LogP contribution in [0.5, 0.6) is 0 Å². The van der Waals surface area contributed by atoms with Gasteiger partial charge in [0.1, 0.15) is 6.04 Å². The molecule has 0 bridgehead atoms. The number of thiazole rings is 1. The van der Waals surface area contributed by atoms with Gasteiger partial charge in [0.15, 0.2) is 5.13 Å². The molecule has 1 aliphatic heterocycles. The summed E-state index contributed by atoms with van der Waals surface area (Å²) < 4.78 is 2.91. The predicted octanol–water partition coefficient (Wildman–Crippen LogP) is 3.81. The number of carbonyl (C=O) groups excluding carboxylic acids is 2. The molecule has 30 heavy (non-hydrogen) atoms. The first kappa shape index (κ1) is 20.9. The Bertz CT molecular complexity index is 1030. The fourth-order valence-electron chi connectivity index (χ4n) is 3.51. The van der Waals surface area contributed by atoms with Crippen molar-refractivity contribution in [3.05, 3.63) is 48.3 Å². The Labute approximate surface area is 184 Å². The summed E-state index contributed by atoms with van der Waals surface area (Å²) in [6, 6.07) is 8.93. The van der Waals surface area contributed by atoms with E-state index in [0.29, 0.717) is 5.56 Å². The summed E-state index contributed by atoms with van der Waals surface area (Å²) >= 11 is 3.41. The first-order chi connectivity index (χ1) is 14.6. The van der Waals surface area contributed by atoms with Crippen LogP contribution in [0.4, 0.5) is 0 Å². The van der Waals surface area contributed by atoms with Crippen molar-refractivity contribution in [3.8, 4) is 5.13 Å². The molecule has 6 nitrogen and oxygen atoms in total. The molecule has 2 aromatic heterocycles. The Morgan fingerprint density at radius 2 is 1.93 bits per heavy atom. The molecule has 0 aliphatic carbocycles. The molecule has 158 valence electrons. The van der Waals surface area contributed by atoms with Crippen molar-refractivity contribution in [1.82, 2.24) is 19.8 Å². The molecule has 1 fully saturated rings. The third-order valence-corrected chi connectivity index (χ3v) is 7.53. The first-order valence-electron chi connectivity index (χ1n) is 10.3. The number of carbonyl (C=O) groups is 2. The van der Waals surface area contributed by atoms with Crippen molar-refractivity contribution >= 4 is 45.1 Å². The Morgan fingerprint density at radius 3 is 2.63 bits per heavy atom. The number of nitrogens with one attached hydrogen (secondary N) is 1. The van der Waals surface area contributed by atoms with Crippen LogP contribution in [0.1, 0.15) is 30.6 Å². The average Bonchev–Trinajstić information content (AvgIpc) is 3.46. The SMILES string of the molecule is CC[C@@H](C)[C@H](NC(=O)c1ccc2nc(-n3cccc3)sc2c1)C(=O)N1CCSCC1. The van der Waals surface area contributed by atoms with Gasteiger partial charge in [-0.1, -0.05) is 31.6 Å². The molecular weight excluding hydrogens is 416 g/mol. The molecule has 4 rings (SSSR count). The Balaban J connectivity index is 1.54. The highest BCUT2D eigenvalue weighted by atomic mass is 32.2. The standard InChI is InChI=1S/C22H26N4O2S2/c1-3-15(2)19(21(28)25-10-12-29-13-11-25)24-20(27)16-6-7-17-18(14-16)30-22(23-17)26-8-4-5-9-26/h4-9,14-15,19H,3,10-13H2,1-2H3,(H,24,27)/t15-,19+/m1/s1. The number of thioether (sulfide) groups is 1. The van der Waals surface area contributed by atoms with Crippen molar-refractivity contribution in [2.24, 2.45) is 5.92 Å². The fraction of sp³-hybridized carbons (Fsp3) is 0.409. The third-order valence-electron chi connectivity index (χ3n) is 5.55. The van der Waals surface area contributed by atoms with Crippen LogP contribution in [0.2, 0.25) is 0 Å². The summed E-state index contributed by atoms with van der Waals surface area (Å²) in [5.41, 5.74) is 1.42. The molecule has 3 heterocycles. The van der Waals surface area contributed by atoms with E-state index >= 15 is 0 Å². The number of fused-ring (bicyclic) bond motifs is 1. The number of amides is 2. The molecule has 3 aromatic rings. The second kappa shape index (κ2) is 9.22. The smallest absolute Gasteiger partial charge is 0.251 e. The highest BCUT2D eigenvalue weighted by Gasteiger charge is 2.31. The van der Waals surface area contributed by atoms with E-state index in [0.717, 1.165) is 46.4 Å². The maximum Gasteiger partial charge on any atom is 0.251 e. The quantitative estimate of drug-likeness (QED) is 0.630. The van der Waals surface area contributed by atoms with E-state index in [-0.39, 0.29) is 17.7 Å². The molecule has 2 atom stereocenters. The lowest BCUT2D eigenvalue weighted by molar-refractivity contribution is -0.134. The van der Waals surface area contributed by atoms with Gasteiger partial charge in [-0.25, -0.2) is 4.98 Å². The van der Waals surface area contributed by atoms with Gasteiger partial charge in [0, 0.05) is 42.6 Å². The normalized spacial score (nSPS) is 16.4. The number of aromatic nitrogens is 2. The van der Waals surface area contributed by atoms with Crippen molar-refractivity contribution in [2.75, 3.05) is 24.6 Å². The summed E-state index contributed by atoms with van der Waals surface area (Å²) in [6.45, 7) is 5.58. The lowest BCUT2D eigenvalue weighted by Gasteiger charge is -2.32. The molecule has 1 aliphatic rings. The summed E-state index contributed by atoms with van der Waals surface area (Å²) in [5.74, 6) is 1.81. The second-order valence-electron chi connectivity index (χ2n) is 7.54. The van der Waals surface area contributed by atoms with Gasteiger partial charge in [-0.15, -0.1) is 0 Å². The van der Waals surface area contributed by atoms with Crippen LogP contribution in [0.15, 0.2) is 42.7 Å². The maximum atomic E-state index is 13.1. The van der Waals surface area contributed by atoms with E-state index in [2.05, 4.69) is 17.2 Å². The molecule has 0 radical (unpaired) electrons. The van der Waals surface area contributed by atoms with E-state index in [9.17, 15) is 9.59 Å². The van der Waals surface area contributed by atoms with Gasteiger partial charge in [0.05, 0.1) is 10.2 Å². The number of rotatable bonds is 6. The molecule has 0 saturated carbocycles. The Hall–Kier alpha value is -2.32. The summed E-state index contributed by atoms with van der Waals surface area (Å²) in [4.78, 5) is 32.7. The Morgan fingerprint density at radius 1 is 1.20 bits per heavy atom. The van der Waals surface area contributed by atoms with Crippen LogP contribution in [0, 0.1) is 5.92 Å². The zero-order chi connectivity index (χ0) is 21.1.